The maximum atomic E-state index is 12.1. The van der Waals surface area contributed by atoms with Crippen LogP contribution in [0.1, 0.15) is 12.8 Å². The molecule has 0 atom stereocenters. The van der Waals surface area contributed by atoms with E-state index in [4.69, 9.17) is 22.4 Å². The van der Waals surface area contributed by atoms with Gasteiger partial charge in [-0.15, -0.1) is 0 Å². The average Bonchev–Trinajstić information content (AvgIpc) is 2.20. The Morgan fingerprint density at radius 3 is 2.61 bits per heavy atom. The summed E-state index contributed by atoms with van der Waals surface area (Å²) < 4.78 is 27.1. The fraction of sp³-hybridized carbons (Fsp3) is 0.400. The lowest BCUT2D eigenvalue weighted by Gasteiger charge is -2.31. The molecule has 0 saturated heterocycles. The molecule has 0 unspecified atom stereocenters. The third-order valence-electron chi connectivity index (χ3n) is 2.76. The summed E-state index contributed by atoms with van der Waals surface area (Å²) >= 11 is 8.94. The van der Waals surface area contributed by atoms with E-state index in [0.717, 1.165) is 0 Å². The molecule has 0 aromatic heterocycles. The first-order chi connectivity index (χ1) is 8.29. The van der Waals surface area contributed by atoms with Crippen LogP contribution in [0.15, 0.2) is 21.5 Å². The number of aliphatic hydroxyl groups excluding tert-OH is 1. The monoisotopic (exact) mass is 354 g/mol. The zero-order valence-electron chi connectivity index (χ0n) is 9.23. The number of aliphatic hydroxyl groups is 1. The van der Waals surface area contributed by atoms with Crippen molar-refractivity contribution in [3.05, 3.63) is 21.6 Å². The van der Waals surface area contributed by atoms with Crippen molar-refractivity contribution >= 4 is 43.2 Å². The second-order valence-corrected chi connectivity index (χ2v) is 7.16. The van der Waals surface area contributed by atoms with Gasteiger partial charge in [-0.05, 0) is 40.9 Å². The van der Waals surface area contributed by atoms with Crippen LogP contribution in [0.3, 0.4) is 0 Å². The van der Waals surface area contributed by atoms with E-state index in [0.29, 0.717) is 17.3 Å². The first-order valence-corrected chi connectivity index (χ1v) is 7.90. The zero-order chi connectivity index (χ0) is 13.5. The lowest BCUT2D eigenvalue weighted by atomic mass is 9.91. The van der Waals surface area contributed by atoms with Crippen molar-refractivity contribution in [1.29, 1.82) is 0 Å². The van der Waals surface area contributed by atoms with Crippen molar-refractivity contribution in [3.63, 3.8) is 0 Å². The third-order valence-corrected chi connectivity index (χ3v) is 5.67. The number of anilines is 1. The topological polar surface area (TPSA) is 92.4 Å². The summed E-state index contributed by atoms with van der Waals surface area (Å²) in [5, 5.41) is 9.40. The molecule has 18 heavy (non-hydrogen) atoms. The molecule has 2 rings (SSSR count). The first kappa shape index (κ1) is 14.1. The van der Waals surface area contributed by atoms with Crippen molar-refractivity contribution in [2.24, 2.45) is 0 Å². The molecule has 1 saturated carbocycles. The summed E-state index contributed by atoms with van der Waals surface area (Å²) in [4.78, 5) is 0.00823. The molecule has 4 N–H and O–H groups in total. The molecule has 0 bridgehead atoms. The molecule has 0 radical (unpaired) electrons. The Hall–Kier alpha value is -0.340. The number of rotatable bonds is 3. The Morgan fingerprint density at radius 2 is 2.06 bits per heavy atom. The van der Waals surface area contributed by atoms with Gasteiger partial charge >= 0.3 is 0 Å². The highest BCUT2D eigenvalue weighted by molar-refractivity contribution is 9.10. The summed E-state index contributed by atoms with van der Waals surface area (Å²) in [6, 6.07) is 2.56. The molecule has 1 aliphatic carbocycles. The zero-order valence-corrected chi connectivity index (χ0v) is 12.4. The summed E-state index contributed by atoms with van der Waals surface area (Å²) in [6.07, 6.45) is 0.422. The van der Waals surface area contributed by atoms with Crippen LogP contribution in [0.25, 0.3) is 0 Å². The Balaban J connectivity index is 2.29. The first-order valence-electron chi connectivity index (χ1n) is 5.24. The van der Waals surface area contributed by atoms with E-state index >= 15 is 0 Å². The highest BCUT2D eigenvalue weighted by Gasteiger charge is 2.32. The number of benzene rings is 1. The molecular weight excluding hydrogens is 344 g/mol. The van der Waals surface area contributed by atoms with Gasteiger partial charge in [0.05, 0.1) is 15.5 Å². The Bertz CT molecular complexity index is 573. The van der Waals surface area contributed by atoms with Crippen LogP contribution in [-0.4, -0.2) is 25.7 Å². The van der Waals surface area contributed by atoms with Gasteiger partial charge in [0.1, 0.15) is 0 Å². The van der Waals surface area contributed by atoms with Gasteiger partial charge in [0.2, 0.25) is 10.0 Å². The van der Waals surface area contributed by atoms with E-state index in [-0.39, 0.29) is 21.6 Å². The second kappa shape index (κ2) is 4.97. The molecule has 5 nitrogen and oxygen atoms in total. The quantitative estimate of drug-likeness (QED) is 0.716. The van der Waals surface area contributed by atoms with E-state index in [1.807, 2.05) is 0 Å². The van der Waals surface area contributed by atoms with Gasteiger partial charge < -0.3 is 10.8 Å². The number of hydrogen-bond acceptors (Lipinski definition) is 4. The minimum absolute atomic E-state index is 0.00823. The molecule has 0 spiro atoms. The number of nitrogens with two attached hydrogens (primary N) is 1. The molecule has 1 aliphatic rings. The van der Waals surface area contributed by atoms with Crippen molar-refractivity contribution in [1.82, 2.24) is 4.72 Å². The van der Waals surface area contributed by atoms with E-state index in [2.05, 4.69) is 20.7 Å². The van der Waals surface area contributed by atoms with E-state index < -0.39 is 16.1 Å². The van der Waals surface area contributed by atoms with Gasteiger partial charge in [-0.1, -0.05) is 11.6 Å². The van der Waals surface area contributed by atoms with Gasteiger partial charge in [0, 0.05) is 16.8 Å². The third kappa shape index (κ3) is 2.80. The van der Waals surface area contributed by atoms with Crippen LogP contribution in [0, 0.1) is 0 Å². The van der Waals surface area contributed by atoms with Crippen LogP contribution in [0.5, 0.6) is 0 Å². The van der Waals surface area contributed by atoms with Crippen LogP contribution < -0.4 is 10.5 Å². The highest BCUT2D eigenvalue weighted by Crippen LogP contribution is 2.32. The standard InChI is InChI=1S/C10H12BrClN2O3S/c11-10-8(13)1-5(12)2-9(10)18(16,17)14-6-3-7(15)4-6/h1-2,6-7,14-15H,3-4,13H2. The number of sulfonamides is 1. The van der Waals surface area contributed by atoms with Gasteiger partial charge in [-0.2, -0.15) is 0 Å². The second-order valence-electron chi connectivity index (χ2n) is 4.25. The normalized spacial score (nSPS) is 23.7. The van der Waals surface area contributed by atoms with Crippen molar-refractivity contribution in [2.75, 3.05) is 5.73 Å². The Kier molecular flexibility index (Phi) is 3.89. The van der Waals surface area contributed by atoms with Gasteiger partial charge in [0.25, 0.3) is 0 Å². The SMILES string of the molecule is Nc1cc(Cl)cc(S(=O)(=O)NC2CC(O)C2)c1Br. The van der Waals surface area contributed by atoms with Crippen molar-refractivity contribution in [3.8, 4) is 0 Å². The number of nitrogen functional groups attached to an aromatic ring is 1. The largest absolute Gasteiger partial charge is 0.398 e. The number of halogens is 2. The number of hydrogen-bond donors (Lipinski definition) is 3. The van der Waals surface area contributed by atoms with Crippen LogP contribution in [0.2, 0.25) is 5.02 Å². The van der Waals surface area contributed by atoms with Gasteiger partial charge in [0.15, 0.2) is 0 Å². The smallest absolute Gasteiger partial charge is 0.242 e. The maximum absolute atomic E-state index is 12.1. The Morgan fingerprint density at radius 1 is 1.44 bits per heavy atom. The molecule has 0 heterocycles. The maximum Gasteiger partial charge on any atom is 0.242 e. The van der Waals surface area contributed by atoms with Crippen LogP contribution >= 0.6 is 27.5 Å². The molecule has 8 heteroatoms. The van der Waals surface area contributed by atoms with Gasteiger partial charge in [-0.3, -0.25) is 0 Å². The van der Waals surface area contributed by atoms with Crippen molar-refractivity contribution in [2.45, 2.75) is 29.9 Å². The lowest BCUT2D eigenvalue weighted by molar-refractivity contribution is 0.0712. The summed E-state index contributed by atoms with van der Waals surface area (Å²) in [5.74, 6) is 0. The molecule has 0 aliphatic heterocycles. The van der Waals surface area contributed by atoms with Crippen LogP contribution in [-0.2, 0) is 10.0 Å². The van der Waals surface area contributed by atoms with Crippen LogP contribution in [0.4, 0.5) is 5.69 Å². The fourth-order valence-electron chi connectivity index (χ4n) is 1.75. The van der Waals surface area contributed by atoms with Gasteiger partial charge in [-0.25, -0.2) is 13.1 Å². The minimum atomic E-state index is -3.69. The van der Waals surface area contributed by atoms with Crippen molar-refractivity contribution < 1.29 is 13.5 Å². The predicted octanol–water partition coefficient (Wildman–Crippen LogP) is 1.49. The highest BCUT2D eigenvalue weighted by atomic mass is 79.9. The molecule has 0 amide bonds. The van der Waals surface area contributed by atoms with E-state index in [1.54, 1.807) is 0 Å². The number of nitrogens with one attached hydrogen (secondary N) is 1. The van der Waals surface area contributed by atoms with E-state index in [9.17, 15) is 8.42 Å². The molecule has 1 aromatic carbocycles. The minimum Gasteiger partial charge on any atom is -0.398 e. The predicted molar refractivity (Wildman–Crippen MR) is 72.9 cm³/mol. The molecule has 1 aromatic rings. The average molecular weight is 356 g/mol. The molecule has 1 fully saturated rings. The lowest BCUT2D eigenvalue weighted by Crippen LogP contribution is -2.46. The summed E-state index contributed by atoms with van der Waals surface area (Å²) in [5.41, 5.74) is 5.91. The fourth-order valence-corrected chi connectivity index (χ4v) is 4.30. The van der Waals surface area contributed by atoms with E-state index in [1.165, 1.54) is 12.1 Å². The summed E-state index contributed by atoms with van der Waals surface area (Å²) in [6.45, 7) is 0. The summed E-state index contributed by atoms with van der Waals surface area (Å²) in [7, 11) is -3.69. The molecule has 100 valence electrons. The molecular formula is C10H12BrClN2O3S. The Labute approximate surface area is 119 Å².